The van der Waals surface area contributed by atoms with Crippen LogP contribution in [0.5, 0.6) is 0 Å². The van der Waals surface area contributed by atoms with Gasteiger partial charge in [0.15, 0.2) is 5.96 Å². The molecule has 3 rings (SSSR count). The number of amidine groups is 1. The minimum atomic E-state index is -0.915. The van der Waals surface area contributed by atoms with Crippen LogP contribution in [0.15, 0.2) is 48.5 Å². The summed E-state index contributed by atoms with van der Waals surface area (Å²) in [5, 5.41) is 23.5. The van der Waals surface area contributed by atoms with Crippen LogP contribution >= 0.6 is 0 Å². The first kappa shape index (κ1) is 32.1. The highest BCUT2D eigenvalue weighted by Gasteiger charge is 2.35. The number of rotatable bonds is 14. The Hall–Kier alpha value is -4.41. The molecule has 11 nitrogen and oxygen atoms in total. The number of hydrogen-bond donors (Lipinski definition) is 8. The van der Waals surface area contributed by atoms with Crippen molar-refractivity contribution in [2.24, 2.45) is 23.1 Å². The van der Waals surface area contributed by atoms with E-state index in [0.29, 0.717) is 24.9 Å². The minimum Gasteiger partial charge on any atom is -0.384 e. The highest BCUT2D eigenvalue weighted by atomic mass is 16.2. The van der Waals surface area contributed by atoms with Crippen molar-refractivity contribution in [1.82, 2.24) is 16.0 Å². The van der Waals surface area contributed by atoms with E-state index in [1.54, 1.807) is 12.1 Å². The van der Waals surface area contributed by atoms with Crippen LogP contribution in [0.25, 0.3) is 0 Å². The number of primary amides is 1. The largest absolute Gasteiger partial charge is 0.384 e. The minimum absolute atomic E-state index is 0.0276. The van der Waals surface area contributed by atoms with Crippen LogP contribution in [-0.4, -0.2) is 48.1 Å². The Morgan fingerprint density at radius 3 is 2.21 bits per heavy atom. The van der Waals surface area contributed by atoms with Gasteiger partial charge in [-0.25, -0.2) is 0 Å². The molecule has 3 amide bonds. The molecule has 42 heavy (non-hydrogen) atoms. The molecule has 2 aromatic carbocycles. The zero-order valence-corrected chi connectivity index (χ0v) is 24.2. The molecule has 0 saturated heterocycles. The van der Waals surface area contributed by atoms with Crippen molar-refractivity contribution in [2.75, 3.05) is 6.54 Å². The van der Waals surface area contributed by atoms with Crippen molar-refractivity contribution in [3.63, 3.8) is 0 Å². The summed E-state index contributed by atoms with van der Waals surface area (Å²) >= 11 is 0. The Morgan fingerprint density at radius 1 is 0.929 bits per heavy atom. The van der Waals surface area contributed by atoms with Crippen molar-refractivity contribution in [1.29, 1.82) is 10.8 Å². The molecule has 226 valence electrons. The number of hydrogen-bond acceptors (Lipinski definition) is 5. The van der Waals surface area contributed by atoms with Crippen LogP contribution in [-0.2, 0) is 20.8 Å². The molecule has 0 radical (unpaired) electrons. The summed E-state index contributed by atoms with van der Waals surface area (Å²) in [5.41, 5.74) is 19.9. The summed E-state index contributed by atoms with van der Waals surface area (Å²) in [7, 11) is 0. The molecule has 3 atom stereocenters. The SMILES string of the molecule is Cc1cccc([C@H](Cc2ccc(C(=N)N)cc2)C(=O)N[C@H](C(=O)N[C@@H](CCCNC(=N)N)C(N)=O)C2CCCCC2)c1. The smallest absolute Gasteiger partial charge is 0.243 e. The Bertz CT molecular complexity index is 1260. The molecule has 11 heteroatoms. The van der Waals surface area contributed by atoms with Gasteiger partial charge in [-0.1, -0.05) is 73.4 Å². The summed E-state index contributed by atoms with van der Waals surface area (Å²) < 4.78 is 0. The van der Waals surface area contributed by atoms with Crippen molar-refractivity contribution < 1.29 is 14.4 Å². The Morgan fingerprint density at radius 2 is 1.62 bits per heavy atom. The predicted octanol–water partition coefficient (Wildman–Crippen LogP) is 1.90. The van der Waals surface area contributed by atoms with Crippen molar-refractivity contribution in [3.8, 4) is 0 Å². The first-order chi connectivity index (χ1) is 20.0. The lowest BCUT2D eigenvalue weighted by Crippen LogP contribution is -2.56. The fourth-order valence-corrected chi connectivity index (χ4v) is 5.50. The fourth-order valence-electron chi connectivity index (χ4n) is 5.50. The van der Waals surface area contributed by atoms with Gasteiger partial charge in [0.2, 0.25) is 17.7 Å². The lowest BCUT2D eigenvalue weighted by atomic mass is 9.82. The van der Waals surface area contributed by atoms with E-state index in [1.165, 1.54) is 0 Å². The molecule has 2 aromatic rings. The highest BCUT2D eigenvalue weighted by Crippen LogP contribution is 2.29. The number of nitrogens with two attached hydrogens (primary N) is 3. The fraction of sp³-hybridized carbons (Fsp3) is 0.452. The van der Waals surface area contributed by atoms with E-state index in [2.05, 4.69) is 16.0 Å². The Balaban J connectivity index is 1.83. The molecule has 1 aliphatic rings. The summed E-state index contributed by atoms with van der Waals surface area (Å²) in [5.74, 6) is -2.20. The second-order valence-corrected chi connectivity index (χ2v) is 11.1. The lowest BCUT2D eigenvalue weighted by Gasteiger charge is -2.32. The summed E-state index contributed by atoms with van der Waals surface area (Å²) in [6.07, 6.45) is 5.72. The van der Waals surface area contributed by atoms with E-state index in [9.17, 15) is 14.4 Å². The van der Waals surface area contributed by atoms with E-state index >= 15 is 0 Å². The molecule has 1 saturated carbocycles. The lowest BCUT2D eigenvalue weighted by molar-refractivity contribution is -0.133. The maximum atomic E-state index is 14.0. The van der Waals surface area contributed by atoms with Gasteiger partial charge in [0.25, 0.3) is 0 Å². The number of aryl methyl sites for hydroxylation is 1. The van der Waals surface area contributed by atoms with Gasteiger partial charge in [0.1, 0.15) is 17.9 Å². The maximum Gasteiger partial charge on any atom is 0.243 e. The first-order valence-corrected chi connectivity index (χ1v) is 14.5. The van der Waals surface area contributed by atoms with E-state index in [1.807, 2.05) is 43.3 Å². The van der Waals surface area contributed by atoms with Gasteiger partial charge in [-0.15, -0.1) is 0 Å². The van der Waals surface area contributed by atoms with E-state index < -0.39 is 29.8 Å². The van der Waals surface area contributed by atoms with Gasteiger partial charge in [0, 0.05) is 12.1 Å². The number of benzene rings is 2. The standard InChI is InChI=1S/C31H44N8O3/c1-19-7-5-10-23(17-19)24(18-20-12-14-22(15-13-20)27(32)33)29(41)39-26(21-8-3-2-4-9-21)30(42)38-25(28(34)40)11-6-16-37-31(35)36/h5,7,10,12-15,17,21,24-26H,2-4,6,8-9,11,16,18H2,1H3,(H3,32,33)(H2,34,40)(H,38,42)(H,39,41)(H4,35,36,37)/t24-,25-,26-/m0/s1. The average Bonchev–Trinajstić information content (AvgIpc) is 2.96. The molecule has 0 unspecified atom stereocenters. The third-order valence-corrected chi connectivity index (χ3v) is 7.81. The summed E-state index contributed by atoms with van der Waals surface area (Å²) in [6, 6.07) is 13.3. The van der Waals surface area contributed by atoms with Crippen molar-refractivity contribution in [3.05, 3.63) is 70.8 Å². The first-order valence-electron chi connectivity index (χ1n) is 14.5. The number of amides is 3. The van der Waals surface area contributed by atoms with Crippen LogP contribution in [0.3, 0.4) is 0 Å². The Labute approximate surface area is 247 Å². The van der Waals surface area contributed by atoms with Gasteiger partial charge in [-0.3, -0.25) is 25.2 Å². The summed E-state index contributed by atoms with van der Waals surface area (Å²) in [4.78, 5) is 39.9. The van der Waals surface area contributed by atoms with Crippen LogP contribution in [0.4, 0.5) is 0 Å². The molecule has 0 heterocycles. The third-order valence-electron chi connectivity index (χ3n) is 7.81. The molecule has 1 aliphatic carbocycles. The number of nitrogens with one attached hydrogen (secondary N) is 5. The van der Waals surface area contributed by atoms with Crippen LogP contribution < -0.4 is 33.2 Å². The molecule has 0 spiro atoms. The highest BCUT2D eigenvalue weighted by molar-refractivity contribution is 5.95. The quantitative estimate of drug-likeness (QED) is 0.0954. The normalized spacial score (nSPS) is 15.5. The van der Waals surface area contributed by atoms with Gasteiger partial charge < -0.3 is 33.2 Å². The maximum absolute atomic E-state index is 14.0. The number of guanidine groups is 1. The number of carbonyl (C=O) groups is 3. The van der Waals surface area contributed by atoms with Crippen molar-refractivity contribution >= 4 is 29.5 Å². The summed E-state index contributed by atoms with van der Waals surface area (Å²) in [6.45, 7) is 2.33. The topological polar surface area (TPSA) is 213 Å². The second-order valence-electron chi connectivity index (χ2n) is 11.1. The van der Waals surface area contributed by atoms with Crippen molar-refractivity contribution in [2.45, 2.75) is 76.3 Å². The molecule has 0 aliphatic heterocycles. The second kappa shape index (κ2) is 15.6. The average molecular weight is 577 g/mol. The van der Waals surface area contributed by atoms with Crippen LogP contribution in [0.1, 0.15) is 73.1 Å². The zero-order chi connectivity index (χ0) is 30.6. The van der Waals surface area contributed by atoms with E-state index in [-0.39, 0.29) is 30.0 Å². The molecule has 0 bridgehead atoms. The zero-order valence-electron chi connectivity index (χ0n) is 24.2. The van der Waals surface area contributed by atoms with E-state index in [4.69, 9.17) is 28.0 Å². The van der Waals surface area contributed by atoms with Crippen LogP contribution in [0.2, 0.25) is 0 Å². The predicted molar refractivity (Wildman–Crippen MR) is 164 cm³/mol. The molecule has 1 fully saturated rings. The third kappa shape index (κ3) is 9.60. The van der Waals surface area contributed by atoms with Gasteiger partial charge in [-0.2, -0.15) is 0 Å². The molecular weight excluding hydrogens is 532 g/mol. The van der Waals surface area contributed by atoms with E-state index in [0.717, 1.165) is 48.8 Å². The molecule has 0 aromatic heterocycles. The van der Waals surface area contributed by atoms with Gasteiger partial charge in [-0.05, 0) is 56.1 Å². The molecule has 11 N–H and O–H groups in total. The van der Waals surface area contributed by atoms with Crippen LogP contribution in [0, 0.1) is 23.7 Å². The number of nitrogen functional groups attached to an aromatic ring is 1. The van der Waals surface area contributed by atoms with Gasteiger partial charge in [0.05, 0.1) is 5.92 Å². The monoisotopic (exact) mass is 576 g/mol. The van der Waals surface area contributed by atoms with Gasteiger partial charge >= 0.3 is 0 Å². The Kier molecular flexibility index (Phi) is 11.9. The number of carbonyl (C=O) groups excluding carboxylic acids is 3. The molecular formula is C31H44N8O3.